The van der Waals surface area contributed by atoms with E-state index in [-0.39, 0.29) is 11.7 Å². The molecule has 0 unspecified atom stereocenters. The van der Waals surface area contributed by atoms with Crippen LogP contribution < -0.4 is 4.90 Å². The van der Waals surface area contributed by atoms with Crippen LogP contribution in [-0.2, 0) is 4.79 Å². The number of oxazole rings is 1. The zero-order chi connectivity index (χ0) is 18.8. The third-order valence-electron chi connectivity index (χ3n) is 4.67. The van der Waals surface area contributed by atoms with Crippen molar-refractivity contribution in [3.8, 4) is 0 Å². The third kappa shape index (κ3) is 4.08. The molecule has 2 aromatic carbocycles. The summed E-state index contributed by atoms with van der Waals surface area (Å²) in [5.74, 6) is 0.152. The van der Waals surface area contributed by atoms with Gasteiger partial charge < -0.3 is 14.2 Å². The van der Waals surface area contributed by atoms with Gasteiger partial charge in [0.15, 0.2) is 5.58 Å². The largest absolute Gasteiger partial charge is 0.431 e. The minimum absolute atomic E-state index is 0.0807. The highest BCUT2D eigenvalue weighted by Gasteiger charge is 2.22. The Morgan fingerprint density at radius 2 is 1.89 bits per heavy atom. The average Bonchev–Trinajstić information content (AvgIpc) is 3.09. The van der Waals surface area contributed by atoms with Gasteiger partial charge in [-0.3, -0.25) is 4.79 Å². The van der Waals surface area contributed by atoms with Gasteiger partial charge in [0.25, 0.3) is 5.22 Å². The number of halogens is 1. The van der Waals surface area contributed by atoms with Crippen molar-refractivity contribution in [2.45, 2.75) is 12.1 Å². The second-order valence-corrected chi connectivity index (χ2v) is 7.51. The van der Waals surface area contributed by atoms with E-state index in [1.54, 1.807) is 12.1 Å². The molecule has 27 heavy (non-hydrogen) atoms. The van der Waals surface area contributed by atoms with E-state index in [9.17, 15) is 9.18 Å². The molecule has 7 heteroatoms. The van der Waals surface area contributed by atoms with Crippen LogP contribution in [0.2, 0.25) is 0 Å². The Balaban J connectivity index is 1.30. The molecule has 1 saturated heterocycles. The number of piperazine rings is 1. The van der Waals surface area contributed by atoms with Crippen molar-refractivity contribution in [2.75, 3.05) is 36.8 Å². The highest BCUT2D eigenvalue weighted by Crippen LogP contribution is 2.25. The van der Waals surface area contributed by atoms with E-state index in [1.807, 2.05) is 30.0 Å². The molecule has 0 atom stereocenters. The molecule has 3 aromatic rings. The van der Waals surface area contributed by atoms with E-state index in [0.717, 1.165) is 35.4 Å². The molecule has 0 bridgehead atoms. The van der Waals surface area contributed by atoms with Crippen molar-refractivity contribution in [2.24, 2.45) is 0 Å². The molecule has 0 spiro atoms. The van der Waals surface area contributed by atoms with Crippen LogP contribution in [0.5, 0.6) is 0 Å². The first kappa shape index (κ1) is 17.9. The van der Waals surface area contributed by atoms with Gasteiger partial charge in [-0.05, 0) is 48.9 Å². The van der Waals surface area contributed by atoms with Crippen molar-refractivity contribution in [1.29, 1.82) is 0 Å². The Labute approximate surface area is 161 Å². The summed E-state index contributed by atoms with van der Waals surface area (Å²) >= 11 is 1.33. The molecule has 1 aliphatic heterocycles. The average molecular weight is 385 g/mol. The standard InChI is InChI=1S/C20H20FN3O2S/c1-14-2-7-17-18(12-14)26-20(22-17)27-13-19(25)24-10-8-23(9-11-24)16-5-3-15(21)4-6-16/h2-7,12H,8-11,13H2,1H3. The lowest BCUT2D eigenvalue weighted by molar-refractivity contribution is -0.128. The third-order valence-corrected chi connectivity index (χ3v) is 5.48. The number of anilines is 1. The molecule has 1 amide bonds. The molecule has 0 radical (unpaired) electrons. The van der Waals surface area contributed by atoms with Gasteiger partial charge >= 0.3 is 0 Å². The fourth-order valence-electron chi connectivity index (χ4n) is 3.15. The summed E-state index contributed by atoms with van der Waals surface area (Å²) in [6, 6.07) is 12.3. The number of aromatic nitrogens is 1. The number of thioether (sulfide) groups is 1. The van der Waals surface area contributed by atoms with E-state index in [2.05, 4.69) is 9.88 Å². The van der Waals surface area contributed by atoms with Gasteiger partial charge in [0.05, 0.1) is 5.75 Å². The van der Waals surface area contributed by atoms with E-state index >= 15 is 0 Å². The maximum Gasteiger partial charge on any atom is 0.257 e. The number of benzene rings is 2. The van der Waals surface area contributed by atoms with Crippen LogP contribution in [0, 0.1) is 12.7 Å². The predicted octanol–water partition coefficient (Wildman–Crippen LogP) is 3.72. The molecule has 0 aliphatic carbocycles. The van der Waals surface area contributed by atoms with Crippen LogP contribution in [0.25, 0.3) is 11.1 Å². The Kier molecular flexibility index (Phi) is 5.03. The van der Waals surface area contributed by atoms with Gasteiger partial charge in [0.2, 0.25) is 5.91 Å². The van der Waals surface area contributed by atoms with Gasteiger partial charge in [-0.2, -0.15) is 0 Å². The molecular formula is C20H20FN3O2S. The van der Waals surface area contributed by atoms with Crippen LogP contribution >= 0.6 is 11.8 Å². The number of fused-ring (bicyclic) bond motifs is 1. The van der Waals surface area contributed by atoms with Gasteiger partial charge in [-0.25, -0.2) is 9.37 Å². The van der Waals surface area contributed by atoms with Gasteiger partial charge in [0.1, 0.15) is 11.3 Å². The molecule has 1 fully saturated rings. The number of nitrogens with zero attached hydrogens (tertiary/aromatic N) is 3. The van der Waals surface area contributed by atoms with Crippen molar-refractivity contribution in [3.05, 3.63) is 53.8 Å². The zero-order valence-corrected chi connectivity index (χ0v) is 15.8. The molecule has 140 valence electrons. The zero-order valence-electron chi connectivity index (χ0n) is 15.0. The van der Waals surface area contributed by atoms with Crippen LogP contribution in [0.1, 0.15) is 5.56 Å². The highest BCUT2D eigenvalue weighted by atomic mass is 32.2. The molecular weight excluding hydrogens is 365 g/mol. The molecule has 1 aliphatic rings. The number of rotatable bonds is 4. The number of carbonyl (C=O) groups is 1. The van der Waals surface area contributed by atoms with E-state index in [0.29, 0.717) is 24.1 Å². The van der Waals surface area contributed by atoms with Crippen LogP contribution in [0.4, 0.5) is 10.1 Å². The summed E-state index contributed by atoms with van der Waals surface area (Å²) in [5.41, 5.74) is 3.66. The molecule has 1 aromatic heterocycles. The fraction of sp³-hybridized carbons (Fsp3) is 0.300. The van der Waals surface area contributed by atoms with Gasteiger partial charge in [-0.15, -0.1) is 0 Å². The van der Waals surface area contributed by atoms with Gasteiger partial charge in [0, 0.05) is 31.9 Å². The number of amides is 1. The minimum atomic E-state index is -0.237. The molecule has 5 nitrogen and oxygen atoms in total. The van der Waals surface area contributed by atoms with Crippen molar-refractivity contribution >= 4 is 34.5 Å². The Morgan fingerprint density at radius 3 is 2.63 bits per heavy atom. The highest BCUT2D eigenvalue weighted by molar-refractivity contribution is 7.99. The van der Waals surface area contributed by atoms with E-state index < -0.39 is 0 Å². The summed E-state index contributed by atoms with van der Waals surface area (Å²) in [6.45, 7) is 4.80. The number of aryl methyl sites for hydroxylation is 1. The first-order chi connectivity index (χ1) is 13.1. The topological polar surface area (TPSA) is 49.6 Å². The Morgan fingerprint density at radius 1 is 1.15 bits per heavy atom. The number of hydrogen-bond donors (Lipinski definition) is 0. The summed E-state index contributed by atoms with van der Waals surface area (Å²) in [6.07, 6.45) is 0. The summed E-state index contributed by atoms with van der Waals surface area (Å²) in [5, 5.41) is 0.522. The summed E-state index contributed by atoms with van der Waals surface area (Å²) in [4.78, 5) is 20.9. The lowest BCUT2D eigenvalue weighted by atomic mass is 10.2. The minimum Gasteiger partial charge on any atom is -0.431 e. The lowest BCUT2D eigenvalue weighted by Crippen LogP contribution is -2.49. The summed E-state index contributed by atoms with van der Waals surface area (Å²) in [7, 11) is 0. The van der Waals surface area contributed by atoms with Crippen LogP contribution in [0.15, 0.2) is 52.1 Å². The summed E-state index contributed by atoms with van der Waals surface area (Å²) < 4.78 is 18.8. The second-order valence-electron chi connectivity index (χ2n) is 6.58. The maximum atomic E-state index is 13.0. The van der Waals surface area contributed by atoms with Crippen LogP contribution in [-0.4, -0.2) is 47.7 Å². The predicted molar refractivity (Wildman–Crippen MR) is 105 cm³/mol. The SMILES string of the molecule is Cc1ccc2nc(SCC(=O)N3CCN(c4ccc(F)cc4)CC3)oc2c1. The normalized spacial score (nSPS) is 14.7. The Bertz CT molecular complexity index is 950. The molecule has 2 heterocycles. The number of carbonyl (C=O) groups excluding carboxylic acids is 1. The second kappa shape index (κ2) is 7.60. The fourth-order valence-corrected chi connectivity index (χ4v) is 3.89. The molecule has 0 saturated carbocycles. The van der Waals surface area contributed by atoms with E-state index in [1.165, 1.54) is 23.9 Å². The van der Waals surface area contributed by atoms with Crippen LogP contribution in [0.3, 0.4) is 0 Å². The van der Waals surface area contributed by atoms with Gasteiger partial charge in [-0.1, -0.05) is 17.8 Å². The quantitative estimate of drug-likeness (QED) is 0.641. The first-order valence-electron chi connectivity index (χ1n) is 8.87. The van der Waals surface area contributed by atoms with Crippen molar-refractivity contribution < 1.29 is 13.6 Å². The smallest absolute Gasteiger partial charge is 0.257 e. The maximum absolute atomic E-state index is 13.0. The molecule has 4 rings (SSSR count). The van der Waals surface area contributed by atoms with Crippen molar-refractivity contribution in [1.82, 2.24) is 9.88 Å². The Hall–Kier alpha value is -2.54. The number of hydrogen-bond acceptors (Lipinski definition) is 5. The molecule has 0 N–H and O–H groups in total. The monoisotopic (exact) mass is 385 g/mol. The van der Waals surface area contributed by atoms with E-state index in [4.69, 9.17) is 4.42 Å². The first-order valence-corrected chi connectivity index (χ1v) is 9.85. The lowest BCUT2D eigenvalue weighted by Gasteiger charge is -2.36. The van der Waals surface area contributed by atoms with Crippen molar-refractivity contribution in [3.63, 3.8) is 0 Å².